The molecule has 6 heteroatoms. The van der Waals surface area contributed by atoms with Crippen molar-refractivity contribution in [1.82, 2.24) is 10.2 Å². The van der Waals surface area contributed by atoms with Gasteiger partial charge < -0.3 is 15.8 Å². The lowest BCUT2D eigenvalue weighted by atomic mass is 10.1. The topological polar surface area (TPSA) is 67.6 Å². The second kappa shape index (κ2) is 7.66. The van der Waals surface area contributed by atoms with Crippen molar-refractivity contribution in [2.24, 2.45) is 11.7 Å². The monoisotopic (exact) mass is 273 g/mol. The minimum atomic E-state index is -0.220. The van der Waals surface area contributed by atoms with Gasteiger partial charge in [0.25, 0.3) is 0 Å². The van der Waals surface area contributed by atoms with Crippen LogP contribution in [0.3, 0.4) is 0 Å². The van der Waals surface area contributed by atoms with Crippen molar-refractivity contribution >= 4 is 23.1 Å². The molecule has 0 saturated carbocycles. The van der Waals surface area contributed by atoms with Gasteiger partial charge in [-0.3, -0.25) is 9.69 Å². The maximum Gasteiger partial charge on any atom is 0.239 e. The van der Waals surface area contributed by atoms with E-state index in [2.05, 4.69) is 10.2 Å². The summed E-state index contributed by atoms with van der Waals surface area (Å²) in [6, 6.07) is -0.220. The predicted molar refractivity (Wildman–Crippen MR) is 75.4 cm³/mol. The number of carbonyl (C=O) groups is 1. The van der Waals surface area contributed by atoms with Crippen molar-refractivity contribution in [1.29, 1.82) is 0 Å². The SMILES string of the molecule is CCCNC(=O)C1COCCN1CC(C)C(N)=S. The number of rotatable bonds is 6. The molecule has 0 aliphatic carbocycles. The Morgan fingerprint density at radius 2 is 2.39 bits per heavy atom. The van der Waals surface area contributed by atoms with Crippen LogP contribution in [0.15, 0.2) is 0 Å². The second-order valence-corrected chi connectivity index (χ2v) is 5.15. The normalized spacial score (nSPS) is 22.4. The summed E-state index contributed by atoms with van der Waals surface area (Å²) in [6.45, 7) is 7.28. The van der Waals surface area contributed by atoms with Crippen LogP contribution >= 0.6 is 12.2 Å². The van der Waals surface area contributed by atoms with E-state index in [0.29, 0.717) is 31.3 Å². The number of hydrogen-bond acceptors (Lipinski definition) is 4. The molecule has 0 radical (unpaired) electrons. The summed E-state index contributed by atoms with van der Waals surface area (Å²) < 4.78 is 5.39. The molecule has 2 unspecified atom stereocenters. The van der Waals surface area contributed by atoms with E-state index < -0.39 is 0 Å². The Balaban J connectivity index is 2.56. The first-order valence-corrected chi connectivity index (χ1v) is 6.86. The Bertz CT molecular complexity index is 299. The Morgan fingerprint density at radius 3 is 3.00 bits per heavy atom. The zero-order chi connectivity index (χ0) is 13.5. The van der Waals surface area contributed by atoms with Crippen LogP contribution in [0, 0.1) is 5.92 Å². The lowest BCUT2D eigenvalue weighted by Gasteiger charge is -2.35. The highest BCUT2D eigenvalue weighted by Crippen LogP contribution is 2.10. The Morgan fingerprint density at radius 1 is 1.67 bits per heavy atom. The molecule has 1 heterocycles. The van der Waals surface area contributed by atoms with Crippen LogP contribution in [0.4, 0.5) is 0 Å². The maximum atomic E-state index is 12.0. The van der Waals surface area contributed by atoms with Gasteiger partial charge in [-0.15, -0.1) is 0 Å². The summed E-state index contributed by atoms with van der Waals surface area (Å²) in [6.07, 6.45) is 0.933. The van der Waals surface area contributed by atoms with Gasteiger partial charge in [-0.25, -0.2) is 0 Å². The fourth-order valence-electron chi connectivity index (χ4n) is 1.91. The molecule has 18 heavy (non-hydrogen) atoms. The highest BCUT2D eigenvalue weighted by molar-refractivity contribution is 7.80. The van der Waals surface area contributed by atoms with Gasteiger partial charge in [0.15, 0.2) is 0 Å². The number of carbonyl (C=O) groups excluding carboxylic acids is 1. The molecule has 1 saturated heterocycles. The second-order valence-electron chi connectivity index (χ2n) is 4.68. The van der Waals surface area contributed by atoms with Crippen LogP contribution in [0.2, 0.25) is 0 Å². The van der Waals surface area contributed by atoms with Crippen molar-refractivity contribution in [3.05, 3.63) is 0 Å². The third kappa shape index (κ3) is 4.51. The average Bonchev–Trinajstić information content (AvgIpc) is 2.36. The zero-order valence-corrected chi connectivity index (χ0v) is 12.0. The van der Waals surface area contributed by atoms with E-state index in [-0.39, 0.29) is 17.9 Å². The van der Waals surface area contributed by atoms with E-state index in [1.165, 1.54) is 0 Å². The van der Waals surface area contributed by atoms with E-state index in [0.717, 1.165) is 13.0 Å². The summed E-state index contributed by atoms with van der Waals surface area (Å²) >= 11 is 4.98. The molecule has 0 bridgehead atoms. The minimum Gasteiger partial charge on any atom is -0.393 e. The van der Waals surface area contributed by atoms with Crippen LogP contribution < -0.4 is 11.1 Å². The third-order valence-corrected chi connectivity index (χ3v) is 3.49. The Labute approximate surface area is 114 Å². The number of ether oxygens (including phenoxy) is 1. The zero-order valence-electron chi connectivity index (χ0n) is 11.1. The summed E-state index contributed by atoms with van der Waals surface area (Å²) in [5, 5.41) is 2.91. The highest BCUT2D eigenvalue weighted by Gasteiger charge is 2.30. The van der Waals surface area contributed by atoms with Crippen molar-refractivity contribution in [2.45, 2.75) is 26.3 Å². The molecule has 1 amide bonds. The molecule has 5 nitrogen and oxygen atoms in total. The molecule has 0 aromatic heterocycles. The van der Waals surface area contributed by atoms with Gasteiger partial charge in [-0.2, -0.15) is 0 Å². The van der Waals surface area contributed by atoms with E-state index in [4.69, 9.17) is 22.7 Å². The molecular formula is C12H23N3O2S. The van der Waals surface area contributed by atoms with Crippen LogP contribution in [-0.4, -0.2) is 54.7 Å². The molecule has 1 fully saturated rings. The van der Waals surface area contributed by atoms with E-state index in [1.807, 2.05) is 13.8 Å². The van der Waals surface area contributed by atoms with Gasteiger partial charge in [0.2, 0.25) is 5.91 Å². The minimum absolute atomic E-state index is 0.0340. The predicted octanol–water partition coefficient (Wildman–Crippen LogP) is 0.136. The average molecular weight is 273 g/mol. The van der Waals surface area contributed by atoms with Gasteiger partial charge in [0.1, 0.15) is 6.04 Å². The van der Waals surface area contributed by atoms with Crippen LogP contribution in [0.1, 0.15) is 20.3 Å². The number of nitrogens with zero attached hydrogens (tertiary/aromatic N) is 1. The van der Waals surface area contributed by atoms with Crippen LogP contribution in [0.5, 0.6) is 0 Å². The lowest BCUT2D eigenvalue weighted by Crippen LogP contribution is -2.55. The van der Waals surface area contributed by atoms with Crippen molar-refractivity contribution in [2.75, 3.05) is 32.8 Å². The van der Waals surface area contributed by atoms with Gasteiger partial charge in [0, 0.05) is 25.6 Å². The van der Waals surface area contributed by atoms with Crippen molar-refractivity contribution < 1.29 is 9.53 Å². The molecule has 3 N–H and O–H groups in total. The first-order chi connectivity index (χ1) is 8.56. The largest absolute Gasteiger partial charge is 0.393 e. The number of nitrogens with two attached hydrogens (primary N) is 1. The first-order valence-electron chi connectivity index (χ1n) is 6.45. The summed E-state index contributed by atoms with van der Waals surface area (Å²) in [5.74, 6) is 0.145. The standard InChI is InChI=1S/C12H23N3O2S/c1-3-4-14-12(16)10-8-17-6-5-15(10)7-9(2)11(13)18/h9-10H,3-8H2,1-2H3,(H2,13,18)(H,14,16). The molecule has 1 rings (SSSR count). The molecule has 1 aliphatic heterocycles. The quantitative estimate of drug-likeness (QED) is 0.674. The van der Waals surface area contributed by atoms with Crippen LogP contribution in [-0.2, 0) is 9.53 Å². The lowest BCUT2D eigenvalue weighted by molar-refractivity contribution is -0.132. The third-order valence-electron chi connectivity index (χ3n) is 3.09. The smallest absolute Gasteiger partial charge is 0.239 e. The van der Waals surface area contributed by atoms with Crippen LogP contribution in [0.25, 0.3) is 0 Å². The first kappa shape index (κ1) is 15.3. The van der Waals surface area contributed by atoms with Gasteiger partial charge >= 0.3 is 0 Å². The molecule has 2 atom stereocenters. The highest BCUT2D eigenvalue weighted by atomic mass is 32.1. The fourth-order valence-corrected chi connectivity index (χ4v) is 1.98. The molecular weight excluding hydrogens is 250 g/mol. The molecule has 0 spiro atoms. The molecule has 0 aromatic rings. The van der Waals surface area contributed by atoms with Gasteiger partial charge in [-0.1, -0.05) is 26.1 Å². The molecule has 0 aromatic carbocycles. The molecule has 104 valence electrons. The fraction of sp³-hybridized carbons (Fsp3) is 0.833. The van der Waals surface area contributed by atoms with E-state index in [1.54, 1.807) is 0 Å². The maximum absolute atomic E-state index is 12.0. The number of nitrogens with one attached hydrogen (secondary N) is 1. The number of amides is 1. The van der Waals surface area contributed by atoms with E-state index >= 15 is 0 Å². The van der Waals surface area contributed by atoms with Gasteiger partial charge in [-0.05, 0) is 6.42 Å². The Kier molecular flexibility index (Phi) is 6.52. The van der Waals surface area contributed by atoms with E-state index in [9.17, 15) is 4.79 Å². The van der Waals surface area contributed by atoms with Crippen molar-refractivity contribution in [3.8, 4) is 0 Å². The summed E-state index contributed by atoms with van der Waals surface area (Å²) in [5.41, 5.74) is 5.63. The summed E-state index contributed by atoms with van der Waals surface area (Å²) in [7, 11) is 0. The van der Waals surface area contributed by atoms with Gasteiger partial charge in [0.05, 0.1) is 18.2 Å². The Hall–Kier alpha value is -0.720. The van der Waals surface area contributed by atoms with Crippen molar-refractivity contribution in [3.63, 3.8) is 0 Å². The number of morpholine rings is 1. The number of thiocarbonyl (C=S) groups is 1. The molecule has 1 aliphatic rings. The number of hydrogen-bond donors (Lipinski definition) is 2. The summed E-state index contributed by atoms with van der Waals surface area (Å²) in [4.78, 5) is 14.6.